The number of benzene rings is 1. The van der Waals surface area contributed by atoms with Gasteiger partial charge >= 0.3 is 0 Å². The van der Waals surface area contributed by atoms with Crippen LogP contribution >= 0.6 is 0 Å². The lowest BCUT2D eigenvalue weighted by atomic mass is 9.83. The van der Waals surface area contributed by atoms with Gasteiger partial charge in [-0.3, -0.25) is 0 Å². The Kier molecular flexibility index (Phi) is 5.42. The first kappa shape index (κ1) is 16.5. The molecule has 1 unspecified atom stereocenters. The number of aliphatic hydroxyl groups is 1. The van der Waals surface area contributed by atoms with E-state index in [-0.39, 0.29) is 17.6 Å². The molecular weight excluding hydrogens is 264 g/mol. The van der Waals surface area contributed by atoms with Crippen molar-refractivity contribution in [3.8, 4) is 0 Å². The standard InChI is InChI=1S/C18H28O3/c1-4-17(3,21-14-18(5-2)12-20-13-18)10-15-6-8-16(11-19)9-7-15/h6-9,19H,4-5,10-14H2,1-3H3. The second-order valence-corrected chi connectivity index (χ2v) is 6.59. The van der Waals surface area contributed by atoms with Crippen LogP contribution in [-0.2, 0) is 22.5 Å². The van der Waals surface area contributed by atoms with E-state index < -0.39 is 0 Å². The third-order valence-electron chi connectivity index (χ3n) is 4.82. The van der Waals surface area contributed by atoms with Crippen LogP contribution in [0.4, 0.5) is 0 Å². The number of hydrogen-bond donors (Lipinski definition) is 1. The van der Waals surface area contributed by atoms with Gasteiger partial charge in [-0.25, -0.2) is 0 Å². The molecule has 1 aromatic rings. The fraction of sp³-hybridized carbons (Fsp3) is 0.667. The van der Waals surface area contributed by atoms with Gasteiger partial charge in [-0.2, -0.15) is 0 Å². The summed E-state index contributed by atoms with van der Waals surface area (Å²) in [5.74, 6) is 0. The van der Waals surface area contributed by atoms with E-state index in [0.717, 1.165) is 44.6 Å². The monoisotopic (exact) mass is 292 g/mol. The van der Waals surface area contributed by atoms with Gasteiger partial charge in [0.1, 0.15) is 0 Å². The second kappa shape index (κ2) is 6.91. The predicted molar refractivity (Wildman–Crippen MR) is 84.3 cm³/mol. The van der Waals surface area contributed by atoms with Gasteiger partial charge in [0.2, 0.25) is 0 Å². The minimum absolute atomic E-state index is 0.0981. The highest BCUT2D eigenvalue weighted by molar-refractivity contribution is 5.23. The normalized spacial score (nSPS) is 19.8. The van der Waals surface area contributed by atoms with Gasteiger partial charge in [0.25, 0.3) is 0 Å². The molecule has 0 saturated carbocycles. The molecule has 21 heavy (non-hydrogen) atoms. The Hall–Kier alpha value is -0.900. The van der Waals surface area contributed by atoms with Crippen molar-refractivity contribution in [3.05, 3.63) is 35.4 Å². The molecule has 1 heterocycles. The number of hydrogen-bond acceptors (Lipinski definition) is 3. The molecule has 118 valence electrons. The lowest BCUT2D eigenvalue weighted by Crippen LogP contribution is -2.48. The molecule has 3 heteroatoms. The maximum atomic E-state index is 9.11. The van der Waals surface area contributed by atoms with Crippen molar-refractivity contribution in [3.63, 3.8) is 0 Å². The van der Waals surface area contributed by atoms with Gasteiger partial charge in [-0.1, -0.05) is 38.1 Å². The molecule has 1 saturated heterocycles. The molecule has 1 atom stereocenters. The van der Waals surface area contributed by atoms with Gasteiger partial charge in [0.15, 0.2) is 0 Å². The van der Waals surface area contributed by atoms with Crippen LogP contribution < -0.4 is 0 Å². The Labute approximate surface area is 128 Å². The maximum absolute atomic E-state index is 9.11. The maximum Gasteiger partial charge on any atom is 0.0692 e. The second-order valence-electron chi connectivity index (χ2n) is 6.59. The highest BCUT2D eigenvalue weighted by Gasteiger charge is 2.39. The summed E-state index contributed by atoms with van der Waals surface area (Å²) < 4.78 is 11.7. The van der Waals surface area contributed by atoms with Crippen molar-refractivity contribution in [2.45, 2.75) is 52.2 Å². The Morgan fingerprint density at radius 1 is 1.19 bits per heavy atom. The molecule has 1 aliphatic rings. The zero-order valence-electron chi connectivity index (χ0n) is 13.5. The topological polar surface area (TPSA) is 38.7 Å². The number of ether oxygens (including phenoxy) is 2. The molecule has 1 N–H and O–H groups in total. The van der Waals surface area contributed by atoms with Crippen molar-refractivity contribution >= 4 is 0 Å². The van der Waals surface area contributed by atoms with Crippen LogP contribution in [0, 0.1) is 5.41 Å². The largest absolute Gasteiger partial charge is 0.392 e. The number of aliphatic hydroxyl groups excluding tert-OH is 1. The molecule has 0 amide bonds. The van der Waals surface area contributed by atoms with Gasteiger partial charge < -0.3 is 14.6 Å². The summed E-state index contributed by atoms with van der Waals surface area (Å²) in [5.41, 5.74) is 2.30. The third-order valence-corrected chi connectivity index (χ3v) is 4.82. The van der Waals surface area contributed by atoms with Crippen LogP contribution in [0.3, 0.4) is 0 Å². The molecule has 1 fully saturated rings. The van der Waals surface area contributed by atoms with Crippen molar-refractivity contribution in [2.24, 2.45) is 5.41 Å². The highest BCUT2D eigenvalue weighted by atomic mass is 16.5. The molecule has 0 radical (unpaired) electrons. The molecule has 3 nitrogen and oxygen atoms in total. The third kappa shape index (κ3) is 4.06. The quantitative estimate of drug-likeness (QED) is 0.798. The van der Waals surface area contributed by atoms with E-state index in [4.69, 9.17) is 14.6 Å². The van der Waals surface area contributed by atoms with Gasteiger partial charge in [0, 0.05) is 11.8 Å². The van der Waals surface area contributed by atoms with Crippen LogP contribution in [0.25, 0.3) is 0 Å². The molecule has 2 rings (SSSR count). The first-order valence-corrected chi connectivity index (χ1v) is 7.95. The van der Waals surface area contributed by atoms with E-state index in [2.05, 4.69) is 32.9 Å². The van der Waals surface area contributed by atoms with Crippen LogP contribution in [0.1, 0.15) is 44.7 Å². The van der Waals surface area contributed by atoms with Crippen LogP contribution in [-0.4, -0.2) is 30.5 Å². The minimum Gasteiger partial charge on any atom is -0.392 e. The summed E-state index contributed by atoms with van der Waals surface area (Å²) in [6, 6.07) is 8.15. The van der Waals surface area contributed by atoms with Crippen LogP contribution in [0.5, 0.6) is 0 Å². The average Bonchev–Trinajstić information content (AvgIpc) is 2.47. The van der Waals surface area contributed by atoms with E-state index in [1.807, 2.05) is 12.1 Å². The van der Waals surface area contributed by atoms with Crippen molar-refractivity contribution in [2.75, 3.05) is 19.8 Å². The molecule has 1 aliphatic heterocycles. The minimum atomic E-state index is -0.140. The molecule has 0 aliphatic carbocycles. The Bertz CT molecular complexity index is 431. The Morgan fingerprint density at radius 2 is 1.81 bits per heavy atom. The van der Waals surface area contributed by atoms with Crippen molar-refractivity contribution in [1.29, 1.82) is 0 Å². The predicted octanol–water partition coefficient (Wildman–Crippen LogP) is 3.33. The summed E-state index contributed by atoms with van der Waals surface area (Å²) in [7, 11) is 0. The van der Waals surface area contributed by atoms with E-state index in [1.165, 1.54) is 5.56 Å². The molecular formula is C18H28O3. The fourth-order valence-electron chi connectivity index (χ4n) is 2.58. The van der Waals surface area contributed by atoms with Crippen molar-refractivity contribution < 1.29 is 14.6 Å². The summed E-state index contributed by atoms with van der Waals surface area (Å²) in [6.07, 6.45) is 2.99. The number of rotatable bonds is 8. The lowest BCUT2D eigenvalue weighted by molar-refractivity contribution is -0.178. The zero-order chi connectivity index (χ0) is 15.3. The Balaban J connectivity index is 1.95. The molecule has 0 bridgehead atoms. The highest BCUT2D eigenvalue weighted by Crippen LogP contribution is 2.34. The molecule has 0 aromatic heterocycles. The summed E-state index contributed by atoms with van der Waals surface area (Å²) in [4.78, 5) is 0. The van der Waals surface area contributed by atoms with E-state index >= 15 is 0 Å². The average molecular weight is 292 g/mol. The lowest BCUT2D eigenvalue weighted by Gasteiger charge is -2.43. The van der Waals surface area contributed by atoms with E-state index in [0.29, 0.717) is 0 Å². The van der Waals surface area contributed by atoms with Gasteiger partial charge in [-0.15, -0.1) is 0 Å². The summed E-state index contributed by atoms with van der Waals surface area (Å²) >= 11 is 0. The van der Waals surface area contributed by atoms with E-state index in [1.54, 1.807) is 0 Å². The summed E-state index contributed by atoms with van der Waals surface area (Å²) in [5, 5.41) is 9.11. The smallest absolute Gasteiger partial charge is 0.0692 e. The first-order valence-electron chi connectivity index (χ1n) is 7.95. The molecule has 1 aromatic carbocycles. The SMILES string of the molecule is CCC1(COC(C)(CC)Cc2ccc(CO)cc2)COC1. The van der Waals surface area contributed by atoms with Crippen LogP contribution in [0.15, 0.2) is 24.3 Å². The van der Waals surface area contributed by atoms with Crippen LogP contribution in [0.2, 0.25) is 0 Å². The Morgan fingerprint density at radius 3 is 2.24 bits per heavy atom. The first-order chi connectivity index (χ1) is 10.0. The fourth-order valence-corrected chi connectivity index (χ4v) is 2.58. The summed E-state index contributed by atoms with van der Waals surface area (Å²) in [6.45, 7) is 9.11. The molecule has 0 spiro atoms. The zero-order valence-corrected chi connectivity index (χ0v) is 13.5. The van der Waals surface area contributed by atoms with E-state index in [9.17, 15) is 0 Å². The van der Waals surface area contributed by atoms with Gasteiger partial charge in [0.05, 0.1) is 32.0 Å². The van der Waals surface area contributed by atoms with Crippen molar-refractivity contribution in [1.82, 2.24) is 0 Å². The van der Waals surface area contributed by atoms with Gasteiger partial charge in [-0.05, 0) is 30.9 Å².